The number of hydrogen-bond donors (Lipinski definition) is 3. The summed E-state index contributed by atoms with van der Waals surface area (Å²) < 4.78 is 0. The monoisotopic (exact) mass is 217 g/mol. The molecule has 16 heavy (non-hydrogen) atoms. The van der Waals surface area contributed by atoms with E-state index in [9.17, 15) is 5.11 Å². The number of nitriles is 1. The van der Waals surface area contributed by atoms with Crippen molar-refractivity contribution in [2.45, 2.75) is 12.8 Å². The molecular formula is C12H15N3O. The summed E-state index contributed by atoms with van der Waals surface area (Å²) >= 11 is 0. The molecule has 2 rings (SSSR count). The van der Waals surface area contributed by atoms with Crippen molar-refractivity contribution in [3.8, 4) is 6.07 Å². The minimum atomic E-state index is 0.0358. The molecule has 1 aliphatic rings. The summed E-state index contributed by atoms with van der Waals surface area (Å²) in [6.07, 6.45) is 2.10. The highest BCUT2D eigenvalue weighted by atomic mass is 16.3. The molecule has 0 aliphatic heterocycles. The zero-order valence-electron chi connectivity index (χ0n) is 9.03. The van der Waals surface area contributed by atoms with Gasteiger partial charge in [-0.3, -0.25) is 0 Å². The van der Waals surface area contributed by atoms with Crippen LogP contribution in [-0.2, 0) is 0 Å². The molecule has 0 heterocycles. The minimum Gasteiger partial charge on any atom is -0.399 e. The van der Waals surface area contributed by atoms with Gasteiger partial charge >= 0.3 is 0 Å². The molecule has 0 saturated heterocycles. The normalized spacial score (nSPS) is 16.5. The molecule has 0 bridgehead atoms. The molecule has 0 atom stereocenters. The molecule has 1 aromatic carbocycles. The van der Waals surface area contributed by atoms with Crippen LogP contribution in [0.3, 0.4) is 0 Å². The van der Waals surface area contributed by atoms with Crippen molar-refractivity contribution in [3.05, 3.63) is 23.8 Å². The fraction of sp³-hybridized carbons (Fsp3) is 0.417. The largest absolute Gasteiger partial charge is 0.399 e. The van der Waals surface area contributed by atoms with Gasteiger partial charge in [0, 0.05) is 17.6 Å². The number of benzene rings is 1. The van der Waals surface area contributed by atoms with E-state index in [0.717, 1.165) is 18.5 Å². The molecular weight excluding hydrogens is 202 g/mol. The topological polar surface area (TPSA) is 82.1 Å². The highest BCUT2D eigenvalue weighted by molar-refractivity contribution is 5.63. The summed E-state index contributed by atoms with van der Waals surface area (Å²) in [5.41, 5.74) is 7.57. The van der Waals surface area contributed by atoms with E-state index in [-0.39, 0.29) is 12.0 Å². The van der Waals surface area contributed by atoms with Crippen molar-refractivity contribution in [1.29, 1.82) is 5.26 Å². The zero-order chi connectivity index (χ0) is 11.6. The summed E-state index contributed by atoms with van der Waals surface area (Å²) in [4.78, 5) is 0. The van der Waals surface area contributed by atoms with E-state index < -0.39 is 0 Å². The third kappa shape index (κ3) is 2.10. The summed E-state index contributed by atoms with van der Waals surface area (Å²) in [7, 11) is 0. The molecule has 84 valence electrons. The third-order valence-corrected chi connectivity index (χ3v) is 3.11. The highest BCUT2D eigenvalue weighted by Gasteiger charge is 2.41. The van der Waals surface area contributed by atoms with Crippen molar-refractivity contribution in [1.82, 2.24) is 0 Å². The first-order valence-electron chi connectivity index (χ1n) is 5.33. The van der Waals surface area contributed by atoms with Gasteiger partial charge in [0.15, 0.2) is 0 Å². The Bertz CT molecular complexity index is 432. The third-order valence-electron chi connectivity index (χ3n) is 3.11. The summed E-state index contributed by atoms with van der Waals surface area (Å²) in [6, 6.07) is 7.33. The second kappa shape index (κ2) is 4.03. The molecule has 0 unspecified atom stereocenters. The Labute approximate surface area is 94.7 Å². The predicted octanol–water partition coefficient (Wildman–Crippen LogP) is 1.32. The van der Waals surface area contributed by atoms with Crippen molar-refractivity contribution in [2.75, 3.05) is 24.2 Å². The number of nitrogens with two attached hydrogens (primary N) is 1. The lowest BCUT2D eigenvalue weighted by Crippen LogP contribution is -2.19. The molecule has 0 radical (unpaired) electrons. The molecule has 4 nitrogen and oxygen atoms in total. The molecule has 1 aliphatic carbocycles. The van der Waals surface area contributed by atoms with Crippen LogP contribution in [0.4, 0.5) is 11.4 Å². The molecule has 0 aromatic heterocycles. The van der Waals surface area contributed by atoms with E-state index in [1.165, 1.54) is 0 Å². The maximum Gasteiger partial charge on any atom is 0.101 e. The Morgan fingerprint density at radius 2 is 2.25 bits per heavy atom. The number of hydrogen-bond acceptors (Lipinski definition) is 4. The lowest BCUT2D eigenvalue weighted by Gasteiger charge is -2.14. The Hall–Kier alpha value is -1.73. The van der Waals surface area contributed by atoms with E-state index in [2.05, 4.69) is 11.4 Å². The van der Waals surface area contributed by atoms with Crippen LogP contribution in [-0.4, -0.2) is 18.3 Å². The van der Waals surface area contributed by atoms with Gasteiger partial charge in [-0.05, 0) is 31.0 Å². The summed E-state index contributed by atoms with van der Waals surface area (Å²) in [5.74, 6) is 0. The fourth-order valence-corrected chi connectivity index (χ4v) is 1.66. The van der Waals surface area contributed by atoms with Gasteiger partial charge in [-0.25, -0.2) is 0 Å². The average molecular weight is 217 g/mol. The van der Waals surface area contributed by atoms with Crippen LogP contribution in [0.25, 0.3) is 0 Å². The van der Waals surface area contributed by atoms with Gasteiger partial charge in [-0.2, -0.15) is 5.26 Å². The van der Waals surface area contributed by atoms with Crippen molar-refractivity contribution in [2.24, 2.45) is 5.41 Å². The van der Waals surface area contributed by atoms with Crippen molar-refractivity contribution < 1.29 is 5.11 Å². The van der Waals surface area contributed by atoms with Crippen LogP contribution < -0.4 is 11.1 Å². The van der Waals surface area contributed by atoms with Crippen molar-refractivity contribution >= 4 is 11.4 Å². The maximum absolute atomic E-state index is 9.18. The van der Waals surface area contributed by atoms with Crippen LogP contribution in [0, 0.1) is 16.7 Å². The van der Waals surface area contributed by atoms with Crippen LogP contribution in [0.1, 0.15) is 18.4 Å². The molecule has 4 N–H and O–H groups in total. The number of nitrogens with zero attached hydrogens (tertiary/aromatic N) is 1. The number of aliphatic hydroxyl groups excluding tert-OH is 1. The van der Waals surface area contributed by atoms with Gasteiger partial charge in [0.2, 0.25) is 0 Å². The Balaban J connectivity index is 2.07. The van der Waals surface area contributed by atoms with E-state index in [1.807, 2.05) is 0 Å². The van der Waals surface area contributed by atoms with Gasteiger partial charge in [0.25, 0.3) is 0 Å². The molecule has 1 fully saturated rings. The first kappa shape index (κ1) is 10.8. The van der Waals surface area contributed by atoms with Crippen LogP contribution >= 0.6 is 0 Å². The van der Waals surface area contributed by atoms with Gasteiger partial charge in [-0.1, -0.05) is 0 Å². The number of rotatable bonds is 4. The molecule has 1 saturated carbocycles. The van der Waals surface area contributed by atoms with Crippen LogP contribution in [0.2, 0.25) is 0 Å². The maximum atomic E-state index is 9.18. The lowest BCUT2D eigenvalue weighted by molar-refractivity contribution is 0.220. The fourth-order valence-electron chi connectivity index (χ4n) is 1.66. The van der Waals surface area contributed by atoms with Crippen LogP contribution in [0.15, 0.2) is 18.2 Å². The standard InChI is InChI=1S/C12H15N3O/c13-6-9-5-10(14)1-2-11(9)15-7-12(8-16)3-4-12/h1-2,5,15-16H,3-4,7-8,14H2. The molecule has 1 aromatic rings. The van der Waals surface area contributed by atoms with E-state index in [0.29, 0.717) is 17.8 Å². The first-order chi connectivity index (χ1) is 7.69. The first-order valence-corrected chi connectivity index (χ1v) is 5.33. The van der Waals surface area contributed by atoms with E-state index >= 15 is 0 Å². The van der Waals surface area contributed by atoms with Crippen LogP contribution in [0.5, 0.6) is 0 Å². The predicted molar refractivity (Wildman–Crippen MR) is 62.8 cm³/mol. The molecule has 0 spiro atoms. The summed E-state index contributed by atoms with van der Waals surface area (Å²) in [5, 5.41) is 21.3. The highest BCUT2D eigenvalue weighted by Crippen LogP contribution is 2.45. The second-order valence-corrected chi connectivity index (χ2v) is 4.43. The van der Waals surface area contributed by atoms with E-state index in [4.69, 9.17) is 11.0 Å². The number of aliphatic hydroxyl groups is 1. The number of nitrogen functional groups attached to an aromatic ring is 1. The quantitative estimate of drug-likeness (QED) is 0.664. The van der Waals surface area contributed by atoms with Crippen molar-refractivity contribution in [3.63, 3.8) is 0 Å². The minimum absolute atomic E-state index is 0.0358. The SMILES string of the molecule is N#Cc1cc(N)ccc1NCC1(CO)CC1. The lowest BCUT2D eigenvalue weighted by atomic mass is 10.1. The Kier molecular flexibility index (Phi) is 2.71. The number of nitrogens with one attached hydrogen (secondary N) is 1. The Morgan fingerprint density at radius 1 is 1.50 bits per heavy atom. The smallest absolute Gasteiger partial charge is 0.101 e. The number of anilines is 2. The van der Waals surface area contributed by atoms with Gasteiger partial charge in [-0.15, -0.1) is 0 Å². The zero-order valence-corrected chi connectivity index (χ0v) is 9.03. The second-order valence-electron chi connectivity index (χ2n) is 4.43. The van der Waals surface area contributed by atoms with Gasteiger partial charge in [0.05, 0.1) is 17.9 Å². The van der Waals surface area contributed by atoms with Gasteiger partial charge in [0.1, 0.15) is 6.07 Å². The van der Waals surface area contributed by atoms with Gasteiger partial charge < -0.3 is 16.2 Å². The molecule has 4 heteroatoms. The molecule has 0 amide bonds. The summed E-state index contributed by atoms with van der Waals surface area (Å²) in [6.45, 7) is 0.916. The Morgan fingerprint density at radius 3 is 2.81 bits per heavy atom. The average Bonchev–Trinajstić information content (AvgIpc) is 3.08. The van der Waals surface area contributed by atoms with E-state index in [1.54, 1.807) is 18.2 Å².